The molecule has 0 amide bonds. The van der Waals surface area contributed by atoms with Crippen molar-refractivity contribution in [3.8, 4) is 0 Å². The fourth-order valence-corrected chi connectivity index (χ4v) is 6.27. The Kier molecular flexibility index (Phi) is 3.68. The molecule has 1 unspecified atom stereocenters. The van der Waals surface area contributed by atoms with Crippen molar-refractivity contribution in [1.29, 1.82) is 0 Å². The molecule has 4 saturated carbocycles. The topological polar surface area (TPSA) is 38.4 Å². The molecule has 2 N–H and O–H groups in total. The third kappa shape index (κ3) is 2.46. The van der Waals surface area contributed by atoms with E-state index in [1.54, 1.807) is 0 Å². The number of rotatable bonds is 4. The van der Waals surface area contributed by atoms with Gasteiger partial charge in [-0.25, -0.2) is 0 Å². The lowest BCUT2D eigenvalue weighted by atomic mass is 9.46. The van der Waals surface area contributed by atoms with Crippen molar-refractivity contribution >= 4 is 17.6 Å². The smallest absolute Gasteiger partial charge is 0.118 e. The van der Waals surface area contributed by atoms with Crippen LogP contribution in [0, 0.1) is 29.1 Å². The minimum Gasteiger partial charge on any atom is -0.386 e. The van der Waals surface area contributed by atoms with Crippen LogP contribution in [0.5, 0.6) is 0 Å². The Bertz CT molecular complexity index is 531. The maximum atomic E-state index is 6.30. The third-order valence-corrected chi connectivity index (χ3v) is 6.76. The SMILES string of the molecule is N/C(=N\Cl)C(Cc1ccccc1)C12CC3CC(CC(C3)C1)C2. The van der Waals surface area contributed by atoms with Gasteiger partial charge in [-0.05, 0) is 73.7 Å². The first-order valence-electron chi connectivity index (χ1n) is 8.67. The van der Waals surface area contributed by atoms with Crippen molar-refractivity contribution < 1.29 is 0 Å². The van der Waals surface area contributed by atoms with Crippen molar-refractivity contribution in [2.24, 2.45) is 39.3 Å². The number of hydrogen-bond donors (Lipinski definition) is 1. The van der Waals surface area contributed by atoms with Gasteiger partial charge in [-0.1, -0.05) is 30.3 Å². The molecular formula is C19H25ClN2. The minimum absolute atomic E-state index is 0.306. The maximum absolute atomic E-state index is 6.30. The van der Waals surface area contributed by atoms with Gasteiger partial charge in [0.1, 0.15) is 5.84 Å². The highest BCUT2D eigenvalue weighted by atomic mass is 35.5. The molecule has 1 aromatic carbocycles. The molecule has 118 valence electrons. The maximum Gasteiger partial charge on any atom is 0.118 e. The van der Waals surface area contributed by atoms with E-state index in [0.717, 1.165) is 24.2 Å². The molecular weight excluding hydrogens is 292 g/mol. The molecule has 0 radical (unpaired) electrons. The Morgan fingerprint density at radius 3 is 2.14 bits per heavy atom. The number of halogens is 1. The van der Waals surface area contributed by atoms with Crippen LogP contribution in [0.1, 0.15) is 44.1 Å². The average Bonchev–Trinajstić information content (AvgIpc) is 2.51. The molecule has 1 atom stereocenters. The normalized spacial score (nSPS) is 38.2. The summed E-state index contributed by atoms with van der Waals surface area (Å²) in [4.78, 5) is 0. The summed E-state index contributed by atoms with van der Waals surface area (Å²) in [6.45, 7) is 0. The first kappa shape index (κ1) is 14.6. The predicted molar refractivity (Wildman–Crippen MR) is 91.7 cm³/mol. The average molecular weight is 317 g/mol. The molecule has 0 saturated heterocycles. The lowest BCUT2D eigenvalue weighted by molar-refractivity contribution is -0.0721. The Balaban J connectivity index is 1.66. The summed E-state index contributed by atoms with van der Waals surface area (Å²) in [5, 5.41) is 0. The Labute approximate surface area is 138 Å². The van der Waals surface area contributed by atoms with Crippen LogP contribution in [0.3, 0.4) is 0 Å². The molecule has 0 aliphatic heterocycles. The molecule has 5 rings (SSSR count). The highest BCUT2D eigenvalue weighted by molar-refractivity contribution is 6.19. The van der Waals surface area contributed by atoms with E-state index in [2.05, 4.69) is 34.8 Å². The van der Waals surface area contributed by atoms with Crippen LogP contribution in [0.4, 0.5) is 0 Å². The van der Waals surface area contributed by atoms with E-state index in [-0.39, 0.29) is 0 Å². The van der Waals surface area contributed by atoms with Gasteiger partial charge in [-0.3, -0.25) is 0 Å². The zero-order valence-electron chi connectivity index (χ0n) is 13.0. The summed E-state index contributed by atoms with van der Waals surface area (Å²) in [6, 6.07) is 10.7. The summed E-state index contributed by atoms with van der Waals surface area (Å²) in [5.74, 6) is 3.74. The number of nitrogens with two attached hydrogens (primary N) is 1. The van der Waals surface area contributed by atoms with E-state index >= 15 is 0 Å². The fourth-order valence-electron chi connectivity index (χ4n) is 6.15. The lowest BCUT2D eigenvalue weighted by Crippen LogP contribution is -2.53. The standard InChI is InChI=1S/C19H25ClN2/c20-22-18(21)17(9-13-4-2-1-3-5-13)19-10-14-6-15(11-19)8-16(7-14)12-19/h1-5,14-17H,6-12H2,(H2,21,22). The second kappa shape index (κ2) is 5.56. The van der Waals surface area contributed by atoms with Crippen molar-refractivity contribution in [3.05, 3.63) is 35.9 Å². The van der Waals surface area contributed by atoms with Crippen LogP contribution in [0.2, 0.25) is 0 Å². The predicted octanol–water partition coefficient (Wildman–Crippen LogP) is 4.57. The van der Waals surface area contributed by atoms with Gasteiger partial charge in [0.25, 0.3) is 0 Å². The van der Waals surface area contributed by atoms with E-state index in [1.807, 2.05) is 0 Å². The number of benzene rings is 1. The van der Waals surface area contributed by atoms with E-state index in [9.17, 15) is 0 Å². The summed E-state index contributed by atoms with van der Waals surface area (Å²) in [6.07, 6.45) is 9.35. The molecule has 3 heteroatoms. The largest absolute Gasteiger partial charge is 0.386 e. The molecule has 0 heterocycles. The Morgan fingerprint density at radius 2 is 1.64 bits per heavy atom. The molecule has 1 aromatic rings. The molecule has 4 fully saturated rings. The van der Waals surface area contributed by atoms with Crippen molar-refractivity contribution in [3.63, 3.8) is 0 Å². The second-order valence-electron chi connectivity index (χ2n) is 8.03. The van der Waals surface area contributed by atoms with Gasteiger partial charge in [0.2, 0.25) is 0 Å². The van der Waals surface area contributed by atoms with Crippen LogP contribution in [-0.2, 0) is 6.42 Å². The number of hydrogen-bond acceptors (Lipinski definition) is 1. The van der Waals surface area contributed by atoms with Crippen LogP contribution in [0.15, 0.2) is 34.8 Å². The first-order valence-corrected chi connectivity index (χ1v) is 9.00. The van der Waals surface area contributed by atoms with Gasteiger partial charge in [0.15, 0.2) is 0 Å². The molecule has 4 aliphatic rings. The number of nitrogens with zero attached hydrogens (tertiary/aromatic N) is 1. The highest BCUT2D eigenvalue weighted by Gasteiger charge is 2.54. The fraction of sp³-hybridized carbons (Fsp3) is 0.632. The summed E-state index contributed by atoms with van der Waals surface area (Å²) in [5.41, 5.74) is 8.01. The van der Waals surface area contributed by atoms with E-state index in [0.29, 0.717) is 17.2 Å². The highest BCUT2D eigenvalue weighted by Crippen LogP contribution is 2.63. The first-order chi connectivity index (χ1) is 10.7. The molecule has 0 spiro atoms. The van der Waals surface area contributed by atoms with E-state index < -0.39 is 0 Å². The zero-order chi connectivity index (χ0) is 15.2. The van der Waals surface area contributed by atoms with Crippen LogP contribution in [-0.4, -0.2) is 5.84 Å². The molecule has 22 heavy (non-hydrogen) atoms. The molecule has 2 nitrogen and oxygen atoms in total. The van der Waals surface area contributed by atoms with E-state index in [1.165, 1.54) is 44.1 Å². The van der Waals surface area contributed by atoms with Crippen LogP contribution >= 0.6 is 11.8 Å². The zero-order valence-corrected chi connectivity index (χ0v) is 13.8. The monoisotopic (exact) mass is 316 g/mol. The summed E-state index contributed by atoms with van der Waals surface area (Å²) < 4.78 is 3.91. The van der Waals surface area contributed by atoms with E-state index in [4.69, 9.17) is 17.5 Å². The summed E-state index contributed by atoms with van der Waals surface area (Å²) in [7, 11) is 0. The molecule has 0 aromatic heterocycles. The Morgan fingerprint density at radius 1 is 1.09 bits per heavy atom. The van der Waals surface area contributed by atoms with Crippen molar-refractivity contribution in [2.45, 2.75) is 44.9 Å². The van der Waals surface area contributed by atoms with Gasteiger partial charge in [-0.2, -0.15) is 4.51 Å². The van der Waals surface area contributed by atoms with Crippen LogP contribution in [0.25, 0.3) is 0 Å². The summed E-state index contributed by atoms with van der Waals surface area (Å²) >= 11 is 5.82. The van der Waals surface area contributed by atoms with Gasteiger partial charge in [-0.15, -0.1) is 0 Å². The van der Waals surface area contributed by atoms with Gasteiger partial charge in [0.05, 0.1) is 0 Å². The second-order valence-corrected chi connectivity index (χ2v) is 8.20. The third-order valence-electron chi connectivity index (χ3n) is 6.56. The lowest BCUT2D eigenvalue weighted by Gasteiger charge is -2.59. The van der Waals surface area contributed by atoms with Crippen molar-refractivity contribution in [2.75, 3.05) is 0 Å². The minimum atomic E-state index is 0.306. The van der Waals surface area contributed by atoms with Crippen molar-refractivity contribution in [1.82, 2.24) is 0 Å². The Hall–Kier alpha value is -1.02. The van der Waals surface area contributed by atoms with Crippen LogP contribution < -0.4 is 5.73 Å². The number of amidine groups is 1. The quantitative estimate of drug-likeness (QED) is 0.641. The van der Waals surface area contributed by atoms with Gasteiger partial charge >= 0.3 is 0 Å². The molecule has 4 aliphatic carbocycles. The van der Waals surface area contributed by atoms with Gasteiger partial charge < -0.3 is 5.73 Å². The van der Waals surface area contributed by atoms with Gasteiger partial charge in [0, 0.05) is 17.7 Å². The molecule has 4 bridgehead atoms.